The van der Waals surface area contributed by atoms with Gasteiger partial charge in [0.05, 0.1) is 0 Å². The van der Waals surface area contributed by atoms with Gasteiger partial charge in [-0.1, -0.05) is 38.5 Å². The Morgan fingerprint density at radius 1 is 0.591 bits per heavy atom. The lowest BCUT2D eigenvalue weighted by Gasteiger charge is -2.09. The van der Waals surface area contributed by atoms with Crippen molar-refractivity contribution in [3.8, 4) is 11.9 Å². The third-order valence-corrected chi connectivity index (χ3v) is 2.96. The van der Waals surface area contributed by atoms with Gasteiger partial charge in [0.15, 0.2) is 0 Å². The number of hydrogen-bond donors (Lipinski definition) is 0. The van der Waals surface area contributed by atoms with E-state index in [2.05, 4.69) is 53.7 Å². The average Bonchev–Trinajstić information content (AvgIpc) is 2.42. The van der Waals surface area contributed by atoms with Gasteiger partial charge in [-0.2, -0.15) is 0 Å². The Morgan fingerprint density at radius 3 is 0.955 bits per heavy atom. The molecular formula is C16H32B2N4. The highest BCUT2D eigenvalue weighted by Crippen LogP contribution is 2.08. The molecule has 0 aliphatic carbocycles. The first-order valence-corrected chi connectivity index (χ1v) is 7.95. The fourth-order valence-electron chi connectivity index (χ4n) is 1.92. The van der Waals surface area contributed by atoms with Crippen LogP contribution in [0.2, 0.25) is 0 Å². The van der Waals surface area contributed by atoms with E-state index in [4.69, 9.17) is 10.5 Å². The second-order valence-corrected chi connectivity index (χ2v) is 5.69. The molecule has 4 radical (unpaired) electrons. The number of nitriles is 2. The largest absolute Gasteiger partial charge is 0.309 e. The van der Waals surface area contributed by atoms with Gasteiger partial charge in [0, 0.05) is 0 Å². The minimum absolute atomic E-state index is 1.25. The second-order valence-electron chi connectivity index (χ2n) is 5.69. The summed E-state index contributed by atoms with van der Waals surface area (Å²) in [5.74, 6) is 2.50. The molecule has 0 N–H and O–H groups in total. The molecular weight excluding hydrogens is 270 g/mol. The van der Waals surface area contributed by atoms with E-state index >= 15 is 0 Å². The standard InChI is InChI=1S/C14H32N2.2CBN/c1-15(2)13-11-9-7-5-6-8-10-12-14-16(3)4;2*2-1-3/h5-14H2,1-4H3;;. The minimum Gasteiger partial charge on any atom is -0.309 e. The maximum Gasteiger partial charge on any atom is 0.229 e. The van der Waals surface area contributed by atoms with Crippen molar-refractivity contribution in [2.75, 3.05) is 41.3 Å². The monoisotopic (exact) mass is 302 g/mol. The summed E-state index contributed by atoms with van der Waals surface area (Å²) < 4.78 is 0. The van der Waals surface area contributed by atoms with Gasteiger partial charge in [0.2, 0.25) is 15.7 Å². The van der Waals surface area contributed by atoms with Crippen LogP contribution in [0.3, 0.4) is 0 Å². The molecule has 4 nitrogen and oxygen atoms in total. The Bertz CT molecular complexity index is 242. The van der Waals surface area contributed by atoms with Crippen molar-refractivity contribution >= 4 is 15.7 Å². The molecule has 0 saturated heterocycles. The van der Waals surface area contributed by atoms with Crippen LogP contribution in [0.15, 0.2) is 0 Å². The molecule has 0 aliphatic heterocycles. The Balaban J connectivity index is -0.000000515. The minimum atomic E-state index is 1.25. The maximum absolute atomic E-state index is 7.10. The van der Waals surface area contributed by atoms with Gasteiger partial charge in [-0.25, -0.2) is 10.5 Å². The summed E-state index contributed by atoms with van der Waals surface area (Å²) in [7, 11) is 16.9. The van der Waals surface area contributed by atoms with Crippen molar-refractivity contribution in [1.82, 2.24) is 9.80 Å². The maximum atomic E-state index is 7.10. The smallest absolute Gasteiger partial charge is 0.229 e. The normalized spacial score (nSPS) is 9.09. The molecule has 0 aromatic carbocycles. The van der Waals surface area contributed by atoms with Crippen LogP contribution >= 0.6 is 0 Å². The number of hydrogen-bond acceptors (Lipinski definition) is 4. The molecule has 0 bridgehead atoms. The van der Waals surface area contributed by atoms with Crippen molar-refractivity contribution in [3.05, 3.63) is 0 Å². The third kappa shape index (κ3) is 42.7. The Hall–Kier alpha value is -0.970. The first-order valence-electron chi connectivity index (χ1n) is 7.95. The molecule has 0 atom stereocenters. The van der Waals surface area contributed by atoms with E-state index in [1.807, 2.05) is 0 Å². The molecule has 0 aromatic rings. The van der Waals surface area contributed by atoms with Gasteiger partial charge >= 0.3 is 0 Å². The summed E-state index contributed by atoms with van der Waals surface area (Å²) in [6, 6.07) is 0. The van der Waals surface area contributed by atoms with E-state index in [1.54, 1.807) is 0 Å². The molecule has 0 amide bonds. The molecule has 0 aliphatic rings. The molecule has 0 spiro atoms. The van der Waals surface area contributed by atoms with E-state index in [0.717, 1.165) is 0 Å². The fourth-order valence-corrected chi connectivity index (χ4v) is 1.92. The van der Waals surface area contributed by atoms with Crippen LogP contribution in [0.4, 0.5) is 0 Å². The van der Waals surface area contributed by atoms with Gasteiger partial charge < -0.3 is 9.80 Å². The number of nitrogens with zero attached hydrogens (tertiary/aromatic N) is 4. The van der Waals surface area contributed by atoms with E-state index in [-0.39, 0.29) is 0 Å². The molecule has 0 saturated carbocycles. The molecule has 6 heteroatoms. The summed E-state index contributed by atoms with van der Waals surface area (Å²) in [5, 5.41) is 14.2. The molecule has 0 rings (SSSR count). The van der Waals surface area contributed by atoms with E-state index in [9.17, 15) is 0 Å². The lowest BCUT2D eigenvalue weighted by molar-refractivity contribution is 0.384. The first kappa shape index (κ1) is 26.0. The number of unbranched alkanes of at least 4 members (excludes halogenated alkanes) is 7. The third-order valence-electron chi connectivity index (χ3n) is 2.96. The van der Waals surface area contributed by atoms with Crippen LogP contribution in [-0.4, -0.2) is 66.8 Å². The van der Waals surface area contributed by atoms with E-state index in [0.29, 0.717) is 0 Å². The quantitative estimate of drug-likeness (QED) is 0.435. The molecule has 122 valence electrons. The average molecular weight is 302 g/mol. The topological polar surface area (TPSA) is 54.1 Å². The van der Waals surface area contributed by atoms with Crippen LogP contribution in [0.5, 0.6) is 0 Å². The van der Waals surface area contributed by atoms with Crippen LogP contribution < -0.4 is 0 Å². The summed E-state index contributed by atoms with van der Waals surface area (Å²) in [5.41, 5.74) is 0. The molecule has 0 unspecified atom stereocenters. The van der Waals surface area contributed by atoms with Crippen LogP contribution in [0, 0.1) is 22.5 Å². The van der Waals surface area contributed by atoms with Gasteiger partial charge in [0.25, 0.3) is 0 Å². The lowest BCUT2D eigenvalue weighted by atomic mass is 10.1. The SMILES string of the molecule is CN(C)CCCCCCCCCCN(C)C.[B]C#N.[B]C#N. The molecule has 0 aromatic heterocycles. The van der Waals surface area contributed by atoms with Crippen LogP contribution in [0.1, 0.15) is 51.4 Å². The summed E-state index contributed by atoms with van der Waals surface area (Å²) >= 11 is 0. The Kier molecular flexibility index (Phi) is 29.5. The van der Waals surface area contributed by atoms with Crippen molar-refractivity contribution in [1.29, 1.82) is 10.5 Å². The first-order chi connectivity index (χ1) is 10.5. The molecule has 0 fully saturated rings. The summed E-state index contributed by atoms with van der Waals surface area (Å²) in [6.45, 7) is 2.51. The van der Waals surface area contributed by atoms with Crippen molar-refractivity contribution < 1.29 is 0 Å². The van der Waals surface area contributed by atoms with Gasteiger partial charge in [-0.15, -0.1) is 0 Å². The zero-order valence-electron chi connectivity index (χ0n) is 15.0. The number of rotatable bonds is 11. The van der Waals surface area contributed by atoms with Crippen LogP contribution in [-0.2, 0) is 0 Å². The molecule has 22 heavy (non-hydrogen) atoms. The van der Waals surface area contributed by atoms with E-state index < -0.39 is 0 Å². The Labute approximate surface area is 141 Å². The van der Waals surface area contributed by atoms with Gasteiger partial charge in [-0.3, -0.25) is 0 Å². The summed E-state index contributed by atoms with van der Waals surface area (Å²) in [4.78, 5) is 4.56. The van der Waals surface area contributed by atoms with Gasteiger partial charge in [0.1, 0.15) is 0 Å². The van der Waals surface area contributed by atoms with Crippen LogP contribution in [0.25, 0.3) is 0 Å². The zero-order valence-corrected chi connectivity index (χ0v) is 15.0. The Morgan fingerprint density at radius 2 is 0.773 bits per heavy atom. The van der Waals surface area contributed by atoms with Crippen molar-refractivity contribution in [3.63, 3.8) is 0 Å². The highest BCUT2D eigenvalue weighted by atomic mass is 15.0. The van der Waals surface area contributed by atoms with E-state index in [1.165, 1.54) is 76.4 Å². The zero-order chi connectivity index (χ0) is 17.6. The predicted molar refractivity (Wildman–Crippen MR) is 96.8 cm³/mol. The van der Waals surface area contributed by atoms with Crippen molar-refractivity contribution in [2.45, 2.75) is 51.4 Å². The predicted octanol–water partition coefficient (Wildman–Crippen LogP) is 2.50. The lowest BCUT2D eigenvalue weighted by Crippen LogP contribution is -2.12. The highest BCUT2D eigenvalue weighted by Gasteiger charge is 1.94. The molecule has 0 heterocycles. The van der Waals surface area contributed by atoms with Crippen molar-refractivity contribution in [2.24, 2.45) is 0 Å². The highest BCUT2D eigenvalue weighted by molar-refractivity contribution is 6.20. The second kappa shape index (κ2) is 25.0. The van der Waals surface area contributed by atoms with Gasteiger partial charge in [-0.05, 0) is 66.1 Å². The summed E-state index contributed by atoms with van der Waals surface area (Å²) in [6.07, 6.45) is 11.3. The fraction of sp³-hybridized carbons (Fsp3) is 0.875.